The maximum absolute atomic E-state index is 13.1. The molecule has 0 saturated heterocycles. The molecular formula is C22H18ClFN4O4. The molecule has 4 rings (SSSR count). The molecule has 164 valence electrons. The summed E-state index contributed by atoms with van der Waals surface area (Å²) in [6.07, 6.45) is 2.70. The van der Waals surface area contributed by atoms with Crippen LogP contribution in [0.3, 0.4) is 0 Å². The summed E-state index contributed by atoms with van der Waals surface area (Å²) in [6.45, 7) is 2.58. The average molecular weight is 457 g/mol. The normalized spacial score (nSPS) is 12.6. The van der Waals surface area contributed by atoms with Gasteiger partial charge in [0.05, 0.1) is 11.4 Å². The van der Waals surface area contributed by atoms with Crippen LogP contribution in [0.15, 0.2) is 48.5 Å². The lowest BCUT2D eigenvalue weighted by Crippen LogP contribution is -2.40. The van der Waals surface area contributed by atoms with Crippen LogP contribution in [0, 0.1) is 12.7 Å². The number of nitrogens with zero attached hydrogens (tertiary/aromatic N) is 2. The van der Waals surface area contributed by atoms with Gasteiger partial charge in [-0.1, -0.05) is 11.6 Å². The molecule has 1 aromatic heterocycles. The van der Waals surface area contributed by atoms with Gasteiger partial charge in [-0.25, -0.2) is 9.07 Å². The number of benzene rings is 2. The van der Waals surface area contributed by atoms with Crippen LogP contribution in [0.25, 0.3) is 11.8 Å². The Bertz CT molecular complexity index is 1210. The predicted octanol–water partition coefficient (Wildman–Crippen LogP) is 3.22. The summed E-state index contributed by atoms with van der Waals surface area (Å²) < 4.78 is 25.5. The minimum absolute atomic E-state index is 0.262. The van der Waals surface area contributed by atoms with Gasteiger partial charge in [-0.3, -0.25) is 20.4 Å². The summed E-state index contributed by atoms with van der Waals surface area (Å²) in [7, 11) is 0. The molecular weight excluding hydrogens is 439 g/mol. The molecule has 10 heteroatoms. The topological polar surface area (TPSA) is 94.5 Å². The Morgan fingerprint density at radius 1 is 1.09 bits per heavy atom. The van der Waals surface area contributed by atoms with Gasteiger partial charge in [-0.2, -0.15) is 5.10 Å². The van der Waals surface area contributed by atoms with Crippen molar-refractivity contribution in [2.24, 2.45) is 0 Å². The monoisotopic (exact) mass is 456 g/mol. The third-order valence-electron chi connectivity index (χ3n) is 4.62. The Labute approximate surface area is 187 Å². The average Bonchev–Trinajstić information content (AvgIpc) is 3.09. The van der Waals surface area contributed by atoms with E-state index in [4.69, 9.17) is 21.1 Å². The lowest BCUT2D eigenvalue weighted by molar-refractivity contribution is -0.117. The van der Waals surface area contributed by atoms with Gasteiger partial charge in [0.1, 0.15) is 24.2 Å². The first-order valence-corrected chi connectivity index (χ1v) is 9.99. The van der Waals surface area contributed by atoms with Crippen LogP contribution in [-0.2, 0) is 4.79 Å². The number of hydrogen-bond acceptors (Lipinski definition) is 5. The summed E-state index contributed by atoms with van der Waals surface area (Å²) in [5.74, 6) is -0.418. The Morgan fingerprint density at radius 2 is 1.81 bits per heavy atom. The smallest absolute Gasteiger partial charge is 0.269 e. The van der Waals surface area contributed by atoms with Crippen LogP contribution in [-0.4, -0.2) is 34.8 Å². The number of halogens is 2. The molecule has 0 spiro atoms. The van der Waals surface area contributed by atoms with Crippen molar-refractivity contribution in [1.29, 1.82) is 0 Å². The van der Waals surface area contributed by atoms with E-state index in [0.29, 0.717) is 47.2 Å². The van der Waals surface area contributed by atoms with Crippen molar-refractivity contribution in [2.45, 2.75) is 6.92 Å². The second kappa shape index (κ2) is 9.11. The third-order valence-corrected chi connectivity index (χ3v) is 4.99. The number of amides is 2. The van der Waals surface area contributed by atoms with Gasteiger partial charge in [-0.15, -0.1) is 0 Å². The van der Waals surface area contributed by atoms with Crippen molar-refractivity contribution in [2.75, 3.05) is 13.2 Å². The second-order valence-electron chi connectivity index (χ2n) is 6.81. The fraction of sp³-hybridized carbons (Fsp3) is 0.136. The Balaban J connectivity index is 1.39. The van der Waals surface area contributed by atoms with E-state index >= 15 is 0 Å². The van der Waals surface area contributed by atoms with Crippen molar-refractivity contribution in [3.63, 3.8) is 0 Å². The van der Waals surface area contributed by atoms with Gasteiger partial charge >= 0.3 is 0 Å². The fourth-order valence-electron chi connectivity index (χ4n) is 3.03. The molecule has 32 heavy (non-hydrogen) atoms. The van der Waals surface area contributed by atoms with Crippen molar-refractivity contribution < 1.29 is 23.5 Å². The van der Waals surface area contributed by atoms with Crippen LogP contribution < -0.4 is 20.3 Å². The number of hydrogen-bond donors (Lipinski definition) is 2. The van der Waals surface area contributed by atoms with Crippen molar-refractivity contribution >= 4 is 29.5 Å². The first kappa shape index (κ1) is 21.4. The zero-order valence-corrected chi connectivity index (χ0v) is 17.6. The van der Waals surface area contributed by atoms with E-state index in [2.05, 4.69) is 16.0 Å². The minimum Gasteiger partial charge on any atom is -0.486 e. The van der Waals surface area contributed by atoms with Gasteiger partial charge < -0.3 is 9.47 Å². The van der Waals surface area contributed by atoms with E-state index < -0.39 is 11.8 Å². The standard InChI is InChI=1S/C22H18ClFN4O4/c1-13-17(21(23)28(27-13)16-5-3-15(24)4-6-16)7-9-20(29)25-26-22(30)14-2-8-18-19(12-14)32-11-10-31-18/h2-9,12H,10-11H2,1H3,(H,25,29)(H,26,30). The summed E-state index contributed by atoms with van der Waals surface area (Å²) in [5.41, 5.74) is 6.61. The molecule has 0 atom stereocenters. The number of rotatable bonds is 4. The lowest BCUT2D eigenvalue weighted by atomic mass is 10.2. The molecule has 8 nitrogen and oxygen atoms in total. The molecule has 3 aromatic rings. The molecule has 2 amide bonds. The van der Waals surface area contributed by atoms with Crippen LogP contribution in [0.2, 0.25) is 5.15 Å². The highest BCUT2D eigenvalue weighted by Crippen LogP contribution is 2.30. The maximum Gasteiger partial charge on any atom is 0.269 e. The molecule has 1 aliphatic rings. The molecule has 0 unspecified atom stereocenters. The van der Waals surface area contributed by atoms with Gasteiger partial charge in [0.15, 0.2) is 11.5 Å². The number of aromatic nitrogens is 2. The van der Waals surface area contributed by atoms with Gasteiger partial charge in [0, 0.05) is 17.2 Å². The van der Waals surface area contributed by atoms with Crippen LogP contribution in [0.1, 0.15) is 21.6 Å². The summed E-state index contributed by atoms with van der Waals surface area (Å²) in [6, 6.07) is 10.4. The minimum atomic E-state index is -0.569. The van der Waals surface area contributed by atoms with E-state index in [9.17, 15) is 14.0 Å². The molecule has 1 aliphatic heterocycles. The molecule has 2 N–H and O–H groups in total. The molecule has 0 saturated carbocycles. The first-order valence-electron chi connectivity index (χ1n) is 9.61. The molecule has 2 heterocycles. The fourth-order valence-corrected chi connectivity index (χ4v) is 3.36. The SMILES string of the molecule is Cc1nn(-c2ccc(F)cc2)c(Cl)c1C=CC(=O)NNC(=O)c1ccc2c(c1)OCCO2. The number of aryl methyl sites for hydroxylation is 1. The van der Waals surface area contributed by atoms with Crippen molar-refractivity contribution in [1.82, 2.24) is 20.6 Å². The summed E-state index contributed by atoms with van der Waals surface area (Å²) in [5, 5.41) is 4.59. The first-order chi connectivity index (χ1) is 15.4. The van der Waals surface area contributed by atoms with E-state index in [-0.39, 0.29) is 11.0 Å². The van der Waals surface area contributed by atoms with E-state index in [1.807, 2.05) is 0 Å². The number of carbonyl (C=O) groups excluding carboxylic acids is 2. The van der Waals surface area contributed by atoms with E-state index in [1.165, 1.54) is 29.0 Å². The van der Waals surface area contributed by atoms with E-state index in [1.54, 1.807) is 37.3 Å². The van der Waals surface area contributed by atoms with Crippen LogP contribution in [0.4, 0.5) is 4.39 Å². The highest BCUT2D eigenvalue weighted by molar-refractivity contribution is 6.31. The second-order valence-corrected chi connectivity index (χ2v) is 7.17. The Morgan fingerprint density at radius 3 is 2.56 bits per heavy atom. The molecule has 0 bridgehead atoms. The zero-order valence-electron chi connectivity index (χ0n) is 16.9. The predicted molar refractivity (Wildman–Crippen MR) is 115 cm³/mol. The molecule has 0 fully saturated rings. The largest absolute Gasteiger partial charge is 0.486 e. The maximum atomic E-state index is 13.1. The molecule has 0 radical (unpaired) electrons. The van der Waals surface area contributed by atoms with Gasteiger partial charge in [-0.05, 0) is 55.5 Å². The van der Waals surface area contributed by atoms with Crippen molar-refractivity contribution in [3.8, 4) is 17.2 Å². The highest BCUT2D eigenvalue weighted by atomic mass is 35.5. The van der Waals surface area contributed by atoms with Crippen molar-refractivity contribution in [3.05, 3.63) is 76.3 Å². The van der Waals surface area contributed by atoms with Gasteiger partial charge in [0.25, 0.3) is 11.8 Å². The number of carbonyl (C=O) groups is 2. The highest BCUT2D eigenvalue weighted by Gasteiger charge is 2.16. The Hall–Kier alpha value is -3.85. The third kappa shape index (κ3) is 4.57. The molecule has 0 aliphatic carbocycles. The van der Waals surface area contributed by atoms with Gasteiger partial charge in [0.2, 0.25) is 0 Å². The summed E-state index contributed by atoms with van der Waals surface area (Å²) in [4.78, 5) is 24.4. The lowest BCUT2D eigenvalue weighted by Gasteiger charge is -2.18. The number of ether oxygens (including phenoxy) is 2. The zero-order chi connectivity index (χ0) is 22.7. The summed E-state index contributed by atoms with van der Waals surface area (Å²) >= 11 is 6.38. The van der Waals surface area contributed by atoms with Crippen LogP contribution in [0.5, 0.6) is 11.5 Å². The quantitative estimate of drug-likeness (QED) is 0.464. The number of hydrazine groups is 1. The number of nitrogens with one attached hydrogen (secondary N) is 2. The Kier molecular flexibility index (Phi) is 6.09. The van der Waals surface area contributed by atoms with Crippen LogP contribution >= 0.6 is 11.6 Å². The number of fused-ring (bicyclic) bond motifs is 1. The van der Waals surface area contributed by atoms with E-state index in [0.717, 1.165) is 0 Å². The molecule has 2 aromatic carbocycles.